The Labute approximate surface area is 99.0 Å². The molecule has 1 saturated heterocycles. The maximum absolute atomic E-state index is 11.8. The van der Waals surface area contributed by atoms with Gasteiger partial charge < -0.3 is 11.1 Å². The van der Waals surface area contributed by atoms with Gasteiger partial charge in [0.2, 0.25) is 0 Å². The molecule has 1 aromatic heterocycles. The Hall–Kier alpha value is -1.23. The SMILES string of the molecule is Nc1ccnc(C(=O)NC2CCSCC2)c1. The van der Waals surface area contributed by atoms with Crippen LogP contribution in [0.2, 0.25) is 0 Å². The molecule has 1 fully saturated rings. The molecule has 2 heterocycles. The van der Waals surface area contributed by atoms with Crippen molar-refractivity contribution in [3.63, 3.8) is 0 Å². The zero-order chi connectivity index (χ0) is 11.4. The Kier molecular flexibility index (Phi) is 3.66. The lowest BCUT2D eigenvalue weighted by Gasteiger charge is -2.22. The molecule has 0 radical (unpaired) electrons. The Balaban J connectivity index is 1.97. The highest BCUT2D eigenvalue weighted by atomic mass is 32.2. The molecule has 1 aromatic rings. The lowest BCUT2D eigenvalue weighted by molar-refractivity contribution is 0.0930. The van der Waals surface area contributed by atoms with E-state index < -0.39 is 0 Å². The lowest BCUT2D eigenvalue weighted by Crippen LogP contribution is -2.37. The number of carbonyl (C=O) groups excluding carboxylic acids is 1. The van der Waals surface area contributed by atoms with Gasteiger partial charge in [-0.25, -0.2) is 0 Å². The predicted octanol–water partition coefficient (Wildman–Crippen LogP) is 1.29. The van der Waals surface area contributed by atoms with Crippen molar-refractivity contribution in [3.05, 3.63) is 24.0 Å². The molecular weight excluding hydrogens is 222 g/mol. The molecule has 16 heavy (non-hydrogen) atoms. The predicted molar refractivity (Wildman–Crippen MR) is 66.5 cm³/mol. The first-order valence-electron chi connectivity index (χ1n) is 5.36. The van der Waals surface area contributed by atoms with Crippen LogP contribution in [0.5, 0.6) is 0 Å². The molecular formula is C11H15N3OS. The average molecular weight is 237 g/mol. The number of hydrogen-bond acceptors (Lipinski definition) is 4. The van der Waals surface area contributed by atoms with Crippen molar-refractivity contribution < 1.29 is 4.79 Å². The fraction of sp³-hybridized carbons (Fsp3) is 0.455. The molecule has 86 valence electrons. The maximum atomic E-state index is 11.8. The second-order valence-corrected chi connectivity index (χ2v) is 5.06. The summed E-state index contributed by atoms with van der Waals surface area (Å²) in [6.07, 6.45) is 3.64. The summed E-state index contributed by atoms with van der Waals surface area (Å²) in [5.41, 5.74) is 6.58. The zero-order valence-electron chi connectivity index (χ0n) is 8.98. The van der Waals surface area contributed by atoms with Gasteiger partial charge in [-0.05, 0) is 36.5 Å². The Bertz CT molecular complexity index is 377. The van der Waals surface area contributed by atoms with E-state index >= 15 is 0 Å². The van der Waals surface area contributed by atoms with Crippen LogP contribution in [0.4, 0.5) is 5.69 Å². The number of amides is 1. The first-order chi connectivity index (χ1) is 7.75. The third-order valence-electron chi connectivity index (χ3n) is 2.57. The second-order valence-electron chi connectivity index (χ2n) is 3.83. The number of nitrogen functional groups attached to an aromatic ring is 1. The number of nitrogens with two attached hydrogens (primary N) is 1. The first kappa shape index (κ1) is 11.3. The molecule has 0 atom stereocenters. The van der Waals surface area contributed by atoms with Gasteiger partial charge in [0.05, 0.1) is 0 Å². The largest absolute Gasteiger partial charge is 0.399 e. The number of aromatic nitrogens is 1. The molecule has 0 unspecified atom stereocenters. The van der Waals surface area contributed by atoms with Crippen molar-refractivity contribution in [2.24, 2.45) is 0 Å². The number of carbonyl (C=O) groups is 1. The van der Waals surface area contributed by atoms with Crippen LogP contribution in [0.3, 0.4) is 0 Å². The number of hydrogen-bond donors (Lipinski definition) is 2. The molecule has 0 aromatic carbocycles. The molecule has 0 bridgehead atoms. The number of thioether (sulfide) groups is 1. The van der Waals surface area contributed by atoms with Crippen LogP contribution in [-0.2, 0) is 0 Å². The van der Waals surface area contributed by atoms with E-state index in [0.29, 0.717) is 11.4 Å². The third kappa shape index (κ3) is 2.88. The first-order valence-corrected chi connectivity index (χ1v) is 6.51. The fourth-order valence-corrected chi connectivity index (χ4v) is 2.78. The molecule has 0 aliphatic carbocycles. The van der Waals surface area contributed by atoms with Crippen molar-refractivity contribution in [2.75, 3.05) is 17.2 Å². The van der Waals surface area contributed by atoms with E-state index in [9.17, 15) is 4.79 Å². The summed E-state index contributed by atoms with van der Waals surface area (Å²) < 4.78 is 0. The minimum atomic E-state index is -0.121. The summed E-state index contributed by atoms with van der Waals surface area (Å²) in [4.78, 5) is 15.8. The van der Waals surface area contributed by atoms with Crippen LogP contribution in [0.15, 0.2) is 18.3 Å². The molecule has 2 rings (SSSR count). The lowest BCUT2D eigenvalue weighted by atomic mass is 10.1. The summed E-state index contributed by atoms with van der Waals surface area (Å²) >= 11 is 1.94. The van der Waals surface area contributed by atoms with E-state index in [-0.39, 0.29) is 11.9 Å². The minimum Gasteiger partial charge on any atom is -0.399 e. The second kappa shape index (κ2) is 5.21. The van der Waals surface area contributed by atoms with Crippen molar-refractivity contribution >= 4 is 23.4 Å². The topological polar surface area (TPSA) is 68.0 Å². The van der Waals surface area contributed by atoms with Gasteiger partial charge in [0.1, 0.15) is 5.69 Å². The van der Waals surface area contributed by atoms with Crippen molar-refractivity contribution in [1.82, 2.24) is 10.3 Å². The van der Waals surface area contributed by atoms with Crippen LogP contribution in [0.1, 0.15) is 23.3 Å². The van der Waals surface area contributed by atoms with Crippen LogP contribution in [-0.4, -0.2) is 28.4 Å². The van der Waals surface area contributed by atoms with Crippen molar-refractivity contribution in [1.29, 1.82) is 0 Å². The van der Waals surface area contributed by atoms with E-state index in [2.05, 4.69) is 10.3 Å². The molecule has 1 amide bonds. The van der Waals surface area contributed by atoms with Crippen molar-refractivity contribution in [3.8, 4) is 0 Å². The van der Waals surface area contributed by atoms with E-state index in [1.54, 1.807) is 18.3 Å². The zero-order valence-corrected chi connectivity index (χ0v) is 9.80. The smallest absolute Gasteiger partial charge is 0.270 e. The molecule has 4 nitrogen and oxygen atoms in total. The van der Waals surface area contributed by atoms with Crippen LogP contribution >= 0.6 is 11.8 Å². The Morgan fingerprint density at radius 2 is 2.25 bits per heavy atom. The number of anilines is 1. The van der Waals surface area contributed by atoms with Gasteiger partial charge in [-0.1, -0.05) is 0 Å². The molecule has 1 aliphatic rings. The summed E-state index contributed by atoms with van der Waals surface area (Å²) in [6.45, 7) is 0. The van der Waals surface area contributed by atoms with Crippen molar-refractivity contribution in [2.45, 2.75) is 18.9 Å². The molecule has 0 spiro atoms. The van der Waals surface area contributed by atoms with Gasteiger partial charge in [-0.2, -0.15) is 11.8 Å². The summed E-state index contributed by atoms with van der Waals surface area (Å²) in [7, 11) is 0. The normalized spacial score (nSPS) is 17.0. The minimum absolute atomic E-state index is 0.121. The number of rotatable bonds is 2. The number of nitrogens with one attached hydrogen (secondary N) is 1. The summed E-state index contributed by atoms with van der Waals surface area (Å²) in [5.74, 6) is 2.12. The van der Waals surface area contributed by atoms with Crippen LogP contribution in [0.25, 0.3) is 0 Å². The summed E-state index contributed by atoms with van der Waals surface area (Å²) in [5, 5.41) is 2.99. The van der Waals surface area contributed by atoms with Gasteiger partial charge >= 0.3 is 0 Å². The van der Waals surface area contributed by atoms with Crippen LogP contribution in [0, 0.1) is 0 Å². The standard InChI is InChI=1S/C11H15N3OS/c12-8-1-4-13-10(7-8)11(15)14-9-2-5-16-6-3-9/h1,4,7,9H,2-3,5-6H2,(H2,12,13)(H,14,15). The molecule has 3 N–H and O–H groups in total. The fourth-order valence-electron chi connectivity index (χ4n) is 1.67. The molecule has 1 aliphatic heterocycles. The summed E-state index contributed by atoms with van der Waals surface area (Å²) in [6, 6.07) is 3.57. The van der Waals surface area contributed by atoms with Crippen LogP contribution < -0.4 is 11.1 Å². The monoisotopic (exact) mass is 237 g/mol. The number of nitrogens with zero attached hydrogens (tertiary/aromatic N) is 1. The quantitative estimate of drug-likeness (QED) is 0.813. The molecule has 0 saturated carbocycles. The highest BCUT2D eigenvalue weighted by Gasteiger charge is 2.17. The van der Waals surface area contributed by atoms with Gasteiger partial charge in [0, 0.05) is 17.9 Å². The van der Waals surface area contributed by atoms with Gasteiger partial charge in [-0.15, -0.1) is 0 Å². The van der Waals surface area contributed by atoms with Gasteiger partial charge in [-0.3, -0.25) is 9.78 Å². The van der Waals surface area contributed by atoms with E-state index in [0.717, 1.165) is 24.3 Å². The Morgan fingerprint density at radius 3 is 2.94 bits per heavy atom. The average Bonchev–Trinajstić information content (AvgIpc) is 2.30. The highest BCUT2D eigenvalue weighted by Crippen LogP contribution is 2.17. The van der Waals surface area contributed by atoms with E-state index in [1.165, 1.54) is 0 Å². The third-order valence-corrected chi connectivity index (χ3v) is 3.62. The Morgan fingerprint density at radius 1 is 1.50 bits per heavy atom. The maximum Gasteiger partial charge on any atom is 0.270 e. The van der Waals surface area contributed by atoms with E-state index in [4.69, 9.17) is 5.73 Å². The van der Waals surface area contributed by atoms with E-state index in [1.807, 2.05) is 11.8 Å². The molecule has 5 heteroatoms. The van der Waals surface area contributed by atoms with Gasteiger partial charge in [0.15, 0.2) is 0 Å². The van der Waals surface area contributed by atoms with Gasteiger partial charge in [0.25, 0.3) is 5.91 Å². The number of pyridine rings is 1. The highest BCUT2D eigenvalue weighted by molar-refractivity contribution is 7.99.